The van der Waals surface area contributed by atoms with Crippen LogP contribution in [0.3, 0.4) is 0 Å². The van der Waals surface area contributed by atoms with E-state index in [2.05, 4.69) is 0 Å². The van der Waals surface area contributed by atoms with Gasteiger partial charge in [0.25, 0.3) is 0 Å². The van der Waals surface area contributed by atoms with E-state index in [-0.39, 0.29) is 27.7 Å². The van der Waals surface area contributed by atoms with Crippen LogP contribution >= 0.6 is 11.6 Å². The minimum atomic E-state index is -3.40. The van der Waals surface area contributed by atoms with Crippen molar-refractivity contribution in [3.05, 3.63) is 53.3 Å². The van der Waals surface area contributed by atoms with Crippen molar-refractivity contribution >= 4 is 44.5 Å². The molecule has 0 bridgehead atoms. The summed E-state index contributed by atoms with van der Waals surface area (Å²) in [5, 5.41) is 8.64. The van der Waals surface area contributed by atoms with Crippen LogP contribution in [0.25, 0.3) is 0 Å². The first kappa shape index (κ1) is 20.9. The minimum Gasteiger partial charge on any atom is -0.329 e. The van der Waals surface area contributed by atoms with Crippen molar-refractivity contribution in [1.29, 1.82) is 5.41 Å². The predicted molar refractivity (Wildman–Crippen MR) is 102 cm³/mol. The maximum absolute atomic E-state index is 13.5. The van der Waals surface area contributed by atoms with Gasteiger partial charge in [-0.1, -0.05) is 24.9 Å². The highest BCUT2D eigenvalue weighted by Crippen LogP contribution is 2.30. The summed E-state index contributed by atoms with van der Waals surface area (Å²) in [6, 6.07) is 9.30. The summed E-state index contributed by atoms with van der Waals surface area (Å²) in [6.45, 7) is 1.82. The molecule has 0 aromatic heterocycles. The van der Waals surface area contributed by atoms with E-state index in [0.717, 1.165) is 17.4 Å². The van der Waals surface area contributed by atoms with Gasteiger partial charge in [-0.15, -0.1) is 0 Å². The van der Waals surface area contributed by atoms with Gasteiger partial charge >= 0.3 is 5.97 Å². The molecule has 0 aliphatic heterocycles. The van der Waals surface area contributed by atoms with Crippen LogP contribution in [0.1, 0.15) is 19.8 Å². The van der Waals surface area contributed by atoms with Crippen LogP contribution in [0.2, 0.25) is 5.02 Å². The maximum atomic E-state index is 13.5. The third-order valence-electron chi connectivity index (χ3n) is 3.56. The molecule has 0 heterocycles. The van der Waals surface area contributed by atoms with Crippen LogP contribution < -0.4 is 5.06 Å². The molecule has 9 heteroatoms. The molecule has 0 aliphatic rings. The zero-order chi connectivity index (χ0) is 20.2. The zero-order valence-corrected chi connectivity index (χ0v) is 16.3. The van der Waals surface area contributed by atoms with E-state index in [1.54, 1.807) is 0 Å². The van der Waals surface area contributed by atoms with E-state index in [1.807, 2.05) is 6.92 Å². The lowest BCUT2D eigenvalue weighted by Gasteiger charge is -2.23. The third kappa shape index (κ3) is 5.27. The van der Waals surface area contributed by atoms with Gasteiger partial charge in [0.2, 0.25) is 0 Å². The van der Waals surface area contributed by atoms with E-state index in [4.69, 9.17) is 21.8 Å². The molecular formula is C18H18ClFN2O4S. The molecule has 0 atom stereocenters. The topological polar surface area (TPSA) is 87.5 Å². The lowest BCUT2D eigenvalue weighted by molar-refractivity contribution is -0.135. The molecule has 2 rings (SSSR count). The van der Waals surface area contributed by atoms with Crippen molar-refractivity contribution in [3.63, 3.8) is 0 Å². The number of anilines is 2. The Morgan fingerprint density at radius 3 is 2.30 bits per heavy atom. The third-order valence-corrected chi connectivity index (χ3v) is 4.98. The molecule has 0 radical (unpaired) electrons. The fourth-order valence-corrected chi connectivity index (χ4v) is 2.99. The number of carbonyl (C=O) groups is 1. The standard InChI is InChI=1S/C18H18ClFN2O4S/c1-3-4-17(21)18(23)26-22(13-7-10-16(20)15(19)11-13)12-5-8-14(9-6-12)27(2,24)25/h5-11,21H,3-4H2,1-2H3. The van der Waals surface area contributed by atoms with E-state index in [1.165, 1.54) is 36.4 Å². The van der Waals surface area contributed by atoms with Crippen molar-refractivity contribution < 1.29 is 22.4 Å². The molecule has 0 amide bonds. The lowest BCUT2D eigenvalue weighted by Crippen LogP contribution is -2.27. The number of nitrogens with zero attached hydrogens (tertiary/aromatic N) is 1. The van der Waals surface area contributed by atoms with Crippen LogP contribution in [0.4, 0.5) is 15.8 Å². The van der Waals surface area contributed by atoms with Crippen molar-refractivity contribution in [3.8, 4) is 0 Å². The maximum Gasteiger partial charge on any atom is 0.376 e. The number of rotatable bonds is 7. The normalized spacial score (nSPS) is 11.1. The minimum absolute atomic E-state index is 0.0911. The second-order valence-electron chi connectivity index (χ2n) is 5.77. The molecule has 0 saturated heterocycles. The molecule has 0 fully saturated rings. The van der Waals surface area contributed by atoms with E-state index < -0.39 is 21.6 Å². The summed E-state index contributed by atoms with van der Waals surface area (Å²) in [5.74, 6) is -1.51. The molecule has 0 saturated carbocycles. The quantitative estimate of drug-likeness (QED) is 0.541. The van der Waals surface area contributed by atoms with Crippen molar-refractivity contribution in [2.24, 2.45) is 0 Å². The molecule has 6 nitrogen and oxygen atoms in total. The second kappa shape index (κ2) is 8.49. The molecule has 1 N–H and O–H groups in total. The summed E-state index contributed by atoms with van der Waals surface area (Å²) in [5.41, 5.74) is 0.331. The molecular weight excluding hydrogens is 395 g/mol. The van der Waals surface area contributed by atoms with Gasteiger partial charge in [0.1, 0.15) is 11.5 Å². The zero-order valence-electron chi connectivity index (χ0n) is 14.7. The molecule has 0 unspecified atom stereocenters. The van der Waals surface area contributed by atoms with Crippen LogP contribution in [-0.4, -0.2) is 26.4 Å². The summed E-state index contributed by atoms with van der Waals surface area (Å²) in [4.78, 5) is 17.6. The SMILES string of the molecule is CCCC(=N)C(=O)ON(c1ccc(S(C)(=O)=O)cc1)c1ccc(F)c(Cl)c1. The number of nitrogens with one attached hydrogen (secondary N) is 1. The van der Waals surface area contributed by atoms with Gasteiger partial charge < -0.3 is 4.84 Å². The lowest BCUT2D eigenvalue weighted by atomic mass is 10.2. The Bertz CT molecular complexity index is 962. The summed E-state index contributed by atoms with van der Waals surface area (Å²) < 4.78 is 36.7. The molecule has 2 aromatic carbocycles. The first-order valence-electron chi connectivity index (χ1n) is 7.98. The van der Waals surface area contributed by atoms with Crippen LogP contribution in [0.15, 0.2) is 47.4 Å². The molecule has 0 aliphatic carbocycles. The highest BCUT2D eigenvalue weighted by molar-refractivity contribution is 7.90. The number of hydrogen-bond donors (Lipinski definition) is 1. The van der Waals surface area contributed by atoms with E-state index in [9.17, 15) is 17.6 Å². The fraction of sp³-hybridized carbons (Fsp3) is 0.222. The van der Waals surface area contributed by atoms with Crippen LogP contribution in [-0.2, 0) is 19.5 Å². The van der Waals surface area contributed by atoms with Gasteiger partial charge in [-0.05, 0) is 48.9 Å². The van der Waals surface area contributed by atoms with Gasteiger partial charge in [-0.2, -0.15) is 5.06 Å². The highest BCUT2D eigenvalue weighted by atomic mass is 35.5. The fourth-order valence-electron chi connectivity index (χ4n) is 2.18. The number of carbonyl (C=O) groups excluding carboxylic acids is 1. The highest BCUT2D eigenvalue weighted by Gasteiger charge is 2.20. The first-order valence-corrected chi connectivity index (χ1v) is 10.3. The Kier molecular flexibility index (Phi) is 6.56. The second-order valence-corrected chi connectivity index (χ2v) is 8.19. The molecule has 0 spiro atoms. The van der Waals surface area contributed by atoms with Crippen molar-refractivity contribution in [2.75, 3.05) is 11.3 Å². The Labute approximate surface area is 161 Å². The largest absolute Gasteiger partial charge is 0.376 e. The number of hydrogen-bond acceptors (Lipinski definition) is 6. The predicted octanol–water partition coefficient (Wildman–Crippen LogP) is 4.30. The number of sulfone groups is 1. The summed E-state index contributed by atoms with van der Waals surface area (Å²) >= 11 is 5.82. The Morgan fingerprint density at radius 1 is 1.19 bits per heavy atom. The molecule has 27 heavy (non-hydrogen) atoms. The van der Waals surface area contributed by atoms with E-state index in [0.29, 0.717) is 12.1 Å². The van der Waals surface area contributed by atoms with Crippen LogP contribution in [0, 0.1) is 11.2 Å². The van der Waals surface area contributed by atoms with E-state index >= 15 is 0 Å². The van der Waals surface area contributed by atoms with Gasteiger partial charge in [-0.25, -0.2) is 17.6 Å². The monoisotopic (exact) mass is 412 g/mol. The Balaban J connectivity index is 2.44. The first-order chi connectivity index (χ1) is 12.6. The Hall–Kier alpha value is -2.45. The van der Waals surface area contributed by atoms with Crippen LogP contribution in [0.5, 0.6) is 0 Å². The number of halogens is 2. The summed E-state index contributed by atoms with van der Waals surface area (Å²) in [6.07, 6.45) is 1.91. The number of benzene rings is 2. The van der Waals surface area contributed by atoms with Gasteiger partial charge in [0, 0.05) is 6.26 Å². The van der Waals surface area contributed by atoms with Gasteiger partial charge in [-0.3, -0.25) is 5.41 Å². The Morgan fingerprint density at radius 2 is 1.78 bits per heavy atom. The van der Waals surface area contributed by atoms with Gasteiger partial charge in [0.15, 0.2) is 9.84 Å². The molecule has 144 valence electrons. The molecule has 2 aromatic rings. The summed E-state index contributed by atoms with van der Waals surface area (Å²) in [7, 11) is -3.40. The average Bonchev–Trinajstić information content (AvgIpc) is 2.61. The van der Waals surface area contributed by atoms with Gasteiger partial charge in [0.05, 0.1) is 21.3 Å². The van der Waals surface area contributed by atoms with Crippen molar-refractivity contribution in [2.45, 2.75) is 24.7 Å². The average molecular weight is 413 g/mol. The smallest absolute Gasteiger partial charge is 0.329 e. The van der Waals surface area contributed by atoms with Crippen molar-refractivity contribution in [1.82, 2.24) is 0 Å².